The maximum absolute atomic E-state index is 11.4. The molecule has 0 rings (SSSR count). The van der Waals surface area contributed by atoms with E-state index in [1.807, 2.05) is 6.08 Å². The van der Waals surface area contributed by atoms with Crippen LogP contribution in [-0.4, -0.2) is 58.4 Å². The van der Waals surface area contributed by atoms with Gasteiger partial charge in [0.25, 0.3) is 0 Å². The zero-order valence-corrected chi connectivity index (χ0v) is 16.8. The molecule has 2 N–H and O–H groups in total. The number of unbranched alkanes of at least 4 members (excludes halogenated alkanes) is 2. The van der Waals surface area contributed by atoms with Gasteiger partial charge in [0.1, 0.15) is 12.6 Å². The van der Waals surface area contributed by atoms with Gasteiger partial charge in [0.05, 0.1) is 19.1 Å². The van der Waals surface area contributed by atoms with Crippen LogP contribution in [0.5, 0.6) is 0 Å². The van der Waals surface area contributed by atoms with Crippen LogP contribution in [-0.2, 0) is 9.59 Å². The van der Waals surface area contributed by atoms with Gasteiger partial charge >= 0.3 is 35.5 Å². The standard InChI is InChI=1S/C16H29NO5.Na/c1-4-5-6-7-8-9-10-17(11-12-18,13(2)15(19)20)14(3)16(21)22;/h6-7,13-14,18H,4-5,8-12H2,1-3H3,(H-,19,20,21,22);/q;+1/b7-6+;. The second-order valence-corrected chi connectivity index (χ2v) is 5.69. The van der Waals surface area contributed by atoms with Gasteiger partial charge in [-0.25, -0.2) is 4.79 Å². The first-order chi connectivity index (χ1) is 10.3. The number of rotatable bonds is 12. The summed E-state index contributed by atoms with van der Waals surface area (Å²) < 4.78 is -0.199. The average Bonchev–Trinajstić information content (AvgIpc) is 2.47. The van der Waals surface area contributed by atoms with Crippen LogP contribution < -0.4 is 34.7 Å². The number of aliphatic hydroxyl groups excluding tert-OH is 1. The van der Waals surface area contributed by atoms with Gasteiger partial charge in [-0.15, -0.1) is 0 Å². The molecule has 0 aromatic carbocycles. The minimum Gasteiger partial charge on any atom is -0.544 e. The predicted octanol–water partition coefficient (Wildman–Crippen LogP) is -2.45. The number of quaternary nitrogens is 1. The van der Waals surface area contributed by atoms with Gasteiger partial charge in [-0.1, -0.05) is 25.5 Å². The van der Waals surface area contributed by atoms with Gasteiger partial charge in [-0.05, 0) is 26.7 Å². The van der Waals surface area contributed by atoms with Crippen LogP contribution in [0.2, 0.25) is 0 Å². The van der Waals surface area contributed by atoms with E-state index < -0.39 is 24.0 Å². The second kappa shape index (κ2) is 13.0. The first-order valence-corrected chi connectivity index (χ1v) is 7.89. The van der Waals surface area contributed by atoms with Crippen molar-refractivity contribution < 1.29 is 58.9 Å². The van der Waals surface area contributed by atoms with E-state index in [0.717, 1.165) is 19.3 Å². The van der Waals surface area contributed by atoms with Crippen LogP contribution in [0.4, 0.5) is 0 Å². The van der Waals surface area contributed by atoms with E-state index in [9.17, 15) is 24.9 Å². The molecule has 0 aliphatic carbocycles. The molecule has 0 aromatic rings. The molecule has 6 nitrogen and oxygen atoms in total. The quantitative estimate of drug-likeness (QED) is 0.178. The van der Waals surface area contributed by atoms with Crippen LogP contribution >= 0.6 is 0 Å². The number of hydrogen-bond acceptors (Lipinski definition) is 4. The van der Waals surface area contributed by atoms with Crippen molar-refractivity contribution in [2.45, 2.75) is 58.5 Å². The van der Waals surface area contributed by atoms with E-state index in [1.165, 1.54) is 13.8 Å². The Labute approximate surface area is 161 Å². The van der Waals surface area contributed by atoms with Crippen molar-refractivity contribution in [2.24, 2.45) is 0 Å². The first-order valence-electron chi connectivity index (χ1n) is 7.89. The first kappa shape index (κ1) is 24.8. The zero-order valence-electron chi connectivity index (χ0n) is 14.8. The number of aliphatic carboxylic acids is 2. The number of carboxylic acids is 2. The molecular formula is C16H29NNaO5+. The van der Waals surface area contributed by atoms with Crippen LogP contribution in [0.25, 0.3) is 0 Å². The smallest absolute Gasteiger partial charge is 0.544 e. The number of carbonyl (C=O) groups excluding carboxylic acids is 1. The van der Waals surface area contributed by atoms with Crippen molar-refractivity contribution >= 4 is 11.9 Å². The van der Waals surface area contributed by atoms with Crippen molar-refractivity contribution in [1.29, 1.82) is 0 Å². The summed E-state index contributed by atoms with van der Waals surface area (Å²) in [7, 11) is 0. The Kier molecular flexibility index (Phi) is 14.0. The average molecular weight is 338 g/mol. The maximum Gasteiger partial charge on any atom is 1.00 e. The third kappa shape index (κ3) is 7.81. The van der Waals surface area contributed by atoms with Crippen LogP contribution in [0.3, 0.4) is 0 Å². The van der Waals surface area contributed by atoms with E-state index >= 15 is 0 Å². The van der Waals surface area contributed by atoms with Gasteiger partial charge in [0, 0.05) is 6.42 Å². The summed E-state index contributed by atoms with van der Waals surface area (Å²) in [5.41, 5.74) is 0. The Hall–Kier alpha value is -0.400. The topological polar surface area (TPSA) is 97.7 Å². The maximum atomic E-state index is 11.4. The largest absolute Gasteiger partial charge is 1.00 e. The molecule has 0 fully saturated rings. The number of allylic oxidation sites excluding steroid dienone is 2. The van der Waals surface area contributed by atoms with Crippen LogP contribution in [0, 0.1) is 0 Å². The molecule has 0 aliphatic heterocycles. The molecule has 23 heavy (non-hydrogen) atoms. The summed E-state index contributed by atoms with van der Waals surface area (Å²) in [4.78, 5) is 22.7. The fourth-order valence-corrected chi connectivity index (χ4v) is 2.74. The van der Waals surface area contributed by atoms with Crippen molar-refractivity contribution in [1.82, 2.24) is 0 Å². The van der Waals surface area contributed by atoms with E-state index in [-0.39, 0.29) is 47.2 Å². The van der Waals surface area contributed by atoms with E-state index in [1.54, 1.807) is 0 Å². The van der Waals surface area contributed by atoms with E-state index in [4.69, 9.17) is 0 Å². The Morgan fingerprint density at radius 1 is 1.13 bits per heavy atom. The van der Waals surface area contributed by atoms with Gasteiger partial charge in [-0.3, -0.25) is 0 Å². The van der Waals surface area contributed by atoms with E-state index in [2.05, 4.69) is 13.0 Å². The predicted molar refractivity (Wildman–Crippen MR) is 81.9 cm³/mol. The van der Waals surface area contributed by atoms with Gasteiger partial charge in [-0.2, -0.15) is 0 Å². The molecule has 7 heteroatoms. The summed E-state index contributed by atoms with van der Waals surface area (Å²) >= 11 is 0. The Balaban J connectivity index is 0. The van der Waals surface area contributed by atoms with Crippen molar-refractivity contribution in [3.8, 4) is 0 Å². The van der Waals surface area contributed by atoms with Gasteiger partial charge in [0.15, 0.2) is 6.04 Å². The third-order valence-corrected chi connectivity index (χ3v) is 4.32. The van der Waals surface area contributed by atoms with E-state index in [0.29, 0.717) is 13.0 Å². The van der Waals surface area contributed by atoms with Crippen LogP contribution in [0.1, 0.15) is 46.5 Å². The fraction of sp³-hybridized carbons (Fsp3) is 0.750. The Bertz CT molecular complexity index is 367. The number of hydrogen-bond donors (Lipinski definition) is 2. The van der Waals surface area contributed by atoms with Crippen molar-refractivity contribution in [3.05, 3.63) is 12.2 Å². The minimum absolute atomic E-state index is 0. The number of carboxylic acid groups (broad SMARTS) is 2. The monoisotopic (exact) mass is 338 g/mol. The number of aliphatic hydroxyl groups is 1. The number of carbonyl (C=O) groups is 2. The van der Waals surface area contributed by atoms with Gasteiger partial charge in [0.2, 0.25) is 0 Å². The molecule has 128 valence electrons. The summed E-state index contributed by atoms with van der Waals surface area (Å²) in [5, 5.41) is 29.9. The summed E-state index contributed by atoms with van der Waals surface area (Å²) in [6.07, 6.45) is 7.60. The normalized spacial score (nSPS) is 16.3. The molecule has 0 saturated carbocycles. The molecule has 0 heterocycles. The van der Waals surface area contributed by atoms with Crippen molar-refractivity contribution in [2.75, 3.05) is 19.7 Å². The zero-order chi connectivity index (χ0) is 17.2. The molecule has 0 bridgehead atoms. The summed E-state index contributed by atoms with van der Waals surface area (Å²) in [6.45, 7) is 5.23. The molecule has 0 spiro atoms. The van der Waals surface area contributed by atoms with Crippen molar-refractivity contribution in [3.63, 3.8) is 0 Å². The van der Waals surface area contributed by atoms with Crippen LogP contribution in [0.15, 0.2) is 12.2 Å². The van der Waals surface area contributed by atoms with Gasteiger partial charge < -0.3 is 24.6 Å². The Morgan fingerprint density at radius 3 is 2.13 bits per heavy atom. The molecule has 3 atom stereocenters. The Morgan fingerprint density at radius 2 is 1.70 bits per heavy atom. The molecule has 0 aliphatic rings. The third-order valence-electron chi connectivity index (χ3n) is 4.32. The molecule has 3 unspecified atom stereocenters. The molecular weight excluding hydrogens is 309 g/mol. The second-order valence-electron chi connectivity index (χ2n) is 5.69. The summed E-state index contributed by atoms with van der Waals surface area (Å²) in [6, 6.07) is -1.91. The molecule has 0 aromatic heterocycles. The fourth-order valence-electron chi connectivity index (χ4n) is 2.74. The summed E-state index contributed by atoms with van der Waals surface area (Å²) in [5.74, 6) is -2.36. The molecule has 0 amide bonds. The SMILES string of the molecule is CCC/C=C/CCC[N+](CCO)(C(C)C(=O)[O-])C(C)C(=O)O.[Na+]. The molecule has 0 radical (unpaired) electrons. The number of nitrogens with zero attached hydrogens (tertiary/aromatic N) is 1. The molecule has 0 saturated heterocycles. The minimum atomic E-state index is -1.29.